The average Bonchev–Trinajstić information content (AvgIpc) is 2.96. The van der Waals surface area contributed by atoms with Crippen molar-refractivity contribution in [1.82, 2.24) is 15.3 Å². The predicted octanol–water partition coefficient (Wildman–Crippen LogP) is 3.84. The maximum Gasteiger partial charge on any atom is 0.253 e. The molecule has 0 spiro atoms. The Bertz CT molecular complexity index is 1210. The molecule has 1 aromatic heterocycles. The van der Waals surface area contributed by atoms with Crippen molar-refractivity contribution in [2.24, 2.45) is 0 Å². The lowest BCUT2D eigenvalue weighted by atomic mass is 10.1. The van der Waals surface area contributed by atoms with Crippen LogP contribution in [-0.2, 0) is 4.79 Å². The lowest BCUT2D eigenvalue weighted by Gasteiger charge is -2.14. The van der Waals surface area contributed by atoms with Crippen molar-refractivity contribution in [1.29, 1.82) is 0 Å². The summed E-state index contributed by atoms with van der Waals surface area (Å²) in [5.74, 6) is -0.433. The van der Waals surface area contributed by atoms with Crippen molar-refractivity contribution >= 4 is 52.2 Å². The van der Waals surface area contributed by atoms with Gasteiger partial charge in [0.15, 0.2) is 5.82 Å². The summed E-state index contributed by atoms with van der Waals surface area (Å²) in [6.07, 6.45) is 1.61. The first-order chi connectivity index (χ1) is 15.4. The molecule has 0 saturated carbocycles. The number of ether oxygens (including phenoxy) is 1. The number of halogens is 2. The van der Waals surface area contributed by atoms with E-state index in [2.05, 4.69) is 31.2 Å². The Hall–Kier alpha value is -3.92. The van der Waals surface area contributed by atoms with E-state index in [0.717, 1.165) is 0 Å². The number of amides is 2. The lowest BCUT2D eigenvalue weighted by Crippen LogP contribution is -2.19. The molecule has 164 valence electrons. The second kappa shape index (κ2) is 9.06. The van der Waals surface area contributed by atoms with Gasteiger partial charge in [0.2, 0.25) is 11.9 Å². The maximum atomic E-state index is 14.4. The number of nitrogens with zero attached hydrogens (tertiary/aromatic N) is 2. The molecule has 9 nitrogen and oxygen atoms in total. The van der Waals surface area contributed by atoms with Crippen LogP contribution in [0.15, 0.2) is 42.6 Å². The van der Waals surface area contributed by atoms with Crippen LogP contribution in [0.2, 0.25) is 5.02 Å². The van der Waals surface area contributed by atoms with Gasteiger partial charge in [-0.15, -0.1) is 0 Å². The van der Waals surface area contributed by atoms with E-state index < -0.39 is 11.7 Å². The first-order valence-electron chi connectivity index (χ1n) is 9.58. The van der Waals surface area contributed by atoms with Crippen LogP contribution in [0.4, 0.5) is 33.2 Å². The van der Waals surface area contributed by atoms with Crippen LogP contribution in [-0.4, -0.2) is 35.4 Å². The molecular weight excluding hydrogens is 439 g/mol. The zero-order valence-corrected chi connectivity index (χ0v) is 17.6. The monoisotopic (exact) mass is 456 g/mol. The maximum absolute atomic E-state index is 14.4. The van der Waals surface area contributed by atoms with Gasteiger partial charge in [0.05, 0.1) is 36.2 Å². The fourth-order valence-electron chi connectivity index (χ4n) is 3.04. The van der Waals surface area contributed by atoms with Gasteiger partial charge in [0.1, 0.15) is 16.6 Å². The summed E-state index contributed by atoms with van der Waals surface area (Å²) in [5.41, 5.74) is 1.13. The van der Waals surface area contributed by atoms with Crippen LogP contribution in [0.1, 0.15) is 16.8 Å². The van der Waals surface area contributed by atoms with Gasteiger partial charge in [0.25, 0.3) is 5.91 Å². The molecule has 32 heavy (non-hydrogen) atoms. The predicted molar refractivity (Wildman–Crippen MR) is 119 cm³/mol. The molecule has 0 aliphatic carbocycles. The van der Waals surface area contributed by atoms with Crippen LogP contribution in [0.5, 0.6) is 5.75 Å². The van der Waals surface area contributed by atoms with Gasteiger partial charge < -0.3 is 26.0 Å². The van der Waals surface area contributed by atoms with E-state index in [0.29, 0.717) is 23.7 Å². The smallest absolute Gasteiger partial charge is 0.253 e. The molecule has 0 bridgehead atoms. The Morgan fingerprint density at radius 3 is 2.91 bits per heavy atom. The summed E-state index contributed by atoms with van der Waals surface area (Å²) in [6, 6.07) is 9.26. The van der Waals surface area contributed by atoms with Crippen LogP contribution in [0.25, 0.3) is 0 Å². The van der Waals surface area contributed by atoms with Gasteiger partial charge in [-0.3, -0.25) is 9.59 Å². The zero-order valence-electron chi connectivity index (χ0n) is 16.8. The largest absolute Gasteiger partial charge is 0.491 e. The number of hydrogen-bond acceptors (Lipinski definition) is 7. The molecule has 3 aromatic rings. The van der Waals surface area contributed by atoms with Crippen molar-refractivity contribution in [2.45, 2.75) is 6.42 Å². The molecule has 0 radical (unpaired) electrons. The fraction of sp³-hybridized carbons (Fsp3) is 0.143. The molecule has 2 heterocycles. The lowest BCUT2D eigenvalue weighted by molar-refractivity contribution is -0.116. The number of aromatic nitrogens is 2. The number of hydrogen-bond donors (Lipinski definition) is 4. The van der Waals surface area contributed by atoms with Gasteiger partial charge in [-0.25, -0.2) is 9.37 Å². The van der Waals surface area contributed by atoms with Crippen LogP contribution < -0.4 is 26.0 Å². The molecule has 0 saturated heterocycles. The number of rotatable bonds is 5. The Labute approximate surface area is 187 Å². The quantitative estimate of drug-likeness (QED) is 0.460. The third-order valence-electron chi connectivity index (χ3n) is 4.57. The normalized spacial score (nSPS) is 12.7. The third-order valence-corrected chi connectivity index (χ3v) is 4.85. The van der Waals surface area contributed by atoms with Crippen molar-refractivity contribution in [3.05, 3.63) is 59.0 Å². The van der Waals surface area contributed by atoms with Crippen LogP contribution in [0.3, 0.4) is 0 Å². The van der Waals surface area contributed by atoms with Gasteiger partial charge in [-0.05, 0) is 30.3 Å². The Kier molecular flexibility index (Phi) is 6.04. The van der Waals surface area contributed by atoms with Crippen molar-refractivity contribution in [3.63, 3.8) is 0 Å². The highest BCUT2D eigenvalue weighted by Gasteiger charge is 2.18. The van der Waals surface area contributed by atoms with Gasteiger partial charge >= 0.3 is 0 Å². The van der Waals surface area contributed by atoms with Crippen LogP contribution in [0, 0.1) is 5.82 Å². The highest BCUT2D eigenvalue weighted by Crippen LogP contribution is 2.32. The number of fused-ring (bicyclic) bond motifs is 1. The van der Waals surface area contributed by atoms with E-state index in [1.807, 2.05) is 0 Å². The van der Waals surface area contributed by atoms with E-state index >= 15 is 0 Å². The zero-order chi connectivity index (χ0) is 22.7. The number of anilines is 5. The minimum absolute atomic E-state index is 0.0664. The molecule has 0 fully saturated rings. The summed E-state index contributed by atoms with van der Waals surface area (Å²) >= 11 is 6.19. The second-order valence-electron chi connectivity index (χ2n) is 6.74. The molecule has 0 atom stereocenters. The molecule has 4 N–H and O–H groups in total. The van der Waals surface area contributed by atoms with E-state index in [-0.39, 0.29) is 40.4 Å². The molecule has 1 aliphatic rings. The van der Waals surface area contributed by atoms with E-state index in [4.69, 9.17) is 16.3 Å². The molecule has 4 rings (SSSR count). The average molecular weight is 457 g/mol. The molecule has 2 aromatic carbocycles. The van der Waals surface area contributed by atoms with Crippen molar-refractivity contribution in [2.75, 3.05) is 29.6 Å². The summed E-state index contributed by atoms with van der Waals surface area (Å²) in [7, 11) is 1.45. The van der Waals surface area contributed by atoms with E-state index in [1.54, 1.807) is 18.2 Å². The number of benzene rings is 2. The SMILES string of the molecule is CNC(=O)c1cccc(F)c1Nc1nc(Nc2ccc3c(c2)NC(=O)CCO3)ncc1Cl. The minimum atomic E-state index is -0.642. The molecule has 2 amide bonds. The number of nitrogens with one attached hydrogen (secondary N) is 4. The first-order valence-corrected chi connectivity index (χ1v) is 9.96. The third kappa shape index (κ3) is 4.54. The van der Waals surface area contributed by atoms with Crippen LogP contribution >= 0.6 is 11.6 Å². The Morgan fingerprint density at radius 1 is 1.25 bits per heavy atom. The molecular formula is C21H18ClFN6O3. The van der Waals surface area contributed by atoms with E-state index in [1.165, 1.54) is 31.4 Å². The standard InChI is InChI=1S/C21H18ClFN6O3/c1-24-20(31)12-3-2-4-14(23)18(12)28-19-13(22)10-25-21(29-19)26-11-5-6-16-15(9-11)27-17(30)7-8-32-16/h2-6,9-10H,7-8H2,1H3,(H,24,31)(H,27,30)(H2,25,26,28,29). The number of carbonyl (C=O) groups is 2. The highest BCUT2D eigenvalue weighted by molar-refractivity contribution is 6.33. The van der Waals surface area contributed by atoms with Gasteiger partial charge in [-0.2, -0.15) is 4.98 Å². The fourth-order valence-corrected chi connectivity index (χ4v) is 3.17. The Balaban J connectivity index is 1.61. The summed E-state index contributed by atoms with van der Waals surface area (Å²) in [6.45, 7) is 0.301. The molecule has 0 unspecified atom stereocenters. The summed E-state index contributed by atoms with van der Waals surface area (Å²) < 4.78 is 20.0. The van der Waals surface area contributed by atoms with Gasteiger partial charge in [-0.1, -0.05) is 17.7 Å². The molecule has 1 aliphatic heterocycles. The first kappa shape index (κ1) is 21.3. The topological polar surface area (TPSA) is 117 Å². The second-order valence-corrected chi connectivity index (χ2v) is 7.15. The van der Waals surface area contributed by atoms with E-state index in [9.17, 15) is 14.0 Å². The van der Waals surface area contributed by atoms with Gasteiger partial charge in [0, 0.05) is 12.7 Å². The minimum Gasteiger partial charge on any atom is -0.491 e. The summed E-state index contributed by atoms with van der Waals surface area (Å²) in [4.78, 5) is 32.3. The highest BCUT2D eigenvalue weighted by atomic mass is 35.5. The number of carbonyl (C=O) groups excluding carboxylic acids is 2. The molecule has 11 heteroatoms. The Morgan fingerprint density at radius 2 is 2.09 bits per heavy atom. The summed E-state index contributed by atoms with van der Waals surface area (Å²) in [5, 5.41) is 11.1. The van der Waals surface area contributed by atoms with Crippen molar-refractivity contribution in [3.8, 4) is 5.75 Å². The number of para-hydroxylation sites is 1. The van der Waals surface area contributed by atoms with Crippen molar-refractivity contribution < 1.29 is 18.7 Å².